The molecule has 2 nitrogen and oxygen atoms in total. The summed E-state index contributed by atoms with van der Waals surface area (Å²) in [7, 11) is 0. The molecule has 0 saturated carbocycles. The Labute approximate surface area is 158 Å². The molecule has 3 rings (SSSR count). The molecule has 0 radical (unpaired) electrons. The number of hydrogen-bond donors (Lipinski definition) is 1. The second kappa shape index (κ2) is 6.72. The van der Waals surface area contributed by atoms with Gasteiger partial charge in [-0.3, -0.25) is 0 Å². The van der Waals surface area contributed by atoms with Crippen LogP contribution in [0.5, 0.6) is 0 Å². The van der Waals surface area contributed by atoms with Gasteiger partial charge in [-0.15, -0.1) is 0 Å². The summed E-state index contributed by atoms with van der Waals surface area (Å²) in [5.74, 6) is -0.320. The highest BCUT2D eigenvalue weighted by molar-refractivity contribution is 5.81. The van der Waals surface area contributed by atoms with Gasteiger partial charge in [-0.1, -0.05) is 52.0 Å². The molecule has 0 aromatic heterocycles. The molecule has 0 saturated heterocycles. The van der Waals surface area contributed by atoms with Crippen molar-refractivity contribution in [2.45, 2.75) is 83.5 Å². The minimum absolute atomic E-state index is 0.254. The summed E-state index contributed by atoms with van der Waals surface area (Å²) in [5.41, 5.74) is 7.49. The summed E-state index contributed by atoms with van der Waals surface area (Å²) in [6.45, 7) is 11.4. The van der Waals surface area contributed by atoms with Crippen molar-refractivity contribution in [3.8, 4) is 0 Å². The Hall–Kier alpha value is -1.83. The lowest BCUT2D eigenvalue weighted by Crippen LogP contribution is -2.34. The van der Waals surface area contributed by atoms with Crippen molar-refractivity contribution in [1.82, 2.24) is 0 Å². The van der Waals surface area contributed by atoms with Crippen molar-refractivity contribution in [1.29, 1.82) is 0 Å². The van der Waals surface area contributed by atoms with Crippen molar-refractivity contribution >= 4 is 5.97 Å². The first-order chi connectivity index (χ1) is 12.1. The molecule has 1 atom stereocenters. The van der Waals surface area contributed by atoms with Crippen LogP contribution in [-0.4, -0.2) is 11.1 Å². The normalized spacial score (nSPS) is 23.7. The highest BCUT2D eigenvalue weighted by atomic mass is 16.4. The minimum atomic E-state index is -0.880. The molecule has 0 amide bonds. The van der Waals surface area contributed by atoms with E-state index in [1.54, 1.807) is 11.1 Å². The number of carbonyl (C=O) groups is 1. The second-order valence-corrected chi connectivity index (χ2v) is 9.46. The van der Waals surface area contributed by atoms with Crippen molar-refractivity contribution in [2.24, 2.45) is 0 Å². The van der Waals surface area contributed by atoms with E-state index >= 15 is 0 Å². The average molecular weight is 353 g/mol. The fraction of sp³-hybridized carbons (Fsp3) is 0.542. The number of carboxylic acids is 1. The zero-order chi connectivity index (χ0) is 19.1. The molecule has 1 aromatic carbocycles. The summed E-state index contributed by atoms with van der Waals surface area (Å²) in [6, 6.07) is 5.02. The fourth-order valence-electron chi connectivity index (χ4n) is 4.66. The monoisotopic (exact) mass is 352 g/mol. The summed E-state index contributed by atoms with van der Waals surface area (Å²) in [4.78, 5) is 10.7. The highest BCUT2D eigenvalue weighted by Gasteiger charge is 2.38. The van der Waals surface area contributed by atoms with E-state index in [2.05, 4.69) is 45.9 Å². The largest absolute Gasteiger partial charge is 0.478 e. The Balaban J connectivity index is 1.88. The molecule has 1 N–H and O–H groups in total. The third-order valence-electron chi connectivity index (χ3n) is 6.47. The number of rotatable bonds is 4. The average Bonchev–Trinajstić information content (AvgIpc) is 2.93. The van der Waals surface area contributed by atoms with Crippen molar-refractivity contribution in [2.75, 3.05) is 0 Å². The summed E-state index contributed by atoms with van der Waals surface area (Å²) >= 11 is 0. The van der Waals surface area contributed by atoms with E-state index in [1.165, 1.54) is 42.9 Å². The first kappa shape index (κ1) is 18.9. The molecular weight excluding hydrogens is 320 g/mol. The molecule has 0 fully saturated rings. The van der Waals surface area contributed by atoms with Gasteiger partial charge >= 0.3 is 5.97 Å². The molecule has 0 bridgehead atoms. The van der Waals surface area contributed by atoms with Gasteiger partial charge in [-0.05, 0) is 83.6 Å². The summed E-state index contributed by atoms with van der Waals surface area (Å²) in [5, 5.41) is 8.82. The predicted octanol–water partition coefficient (Wildman–Crippen LogP) is 6.04. The smallest absolute Gasteiger partial charge is 0.328 e. The molecule has 1 aromatic rings. The molecule has 26 heavy (non-hydrogen) atoms. The highest BCUT2D eigenvalue weighted by Crippen LogP contribution is 2.49. The lowest BCUT2D eigenvalue weighted by Gasteiger charge is -2.42. The lowest BCUT2D eigenvalue weighted by molar-refractivity contribution is -0.131. The van der Waals surface area contributed by atoms with E-state index in [4.69, 9.17) is 5.11 Å². The number of hydrogen-bond acceptors (Lipinski definition) is 1. The predicted molar refractivity (Wildman–Crippen MR) is 108 cm³/mol. The van der Waals surface area contributed by atoms with Gasteiger partial charge in [0.05, 0.1) is 0 Å². The summed E-state index contributed by atoms with van der Waals surface area (Å²) < 4.78 is 0. The van der Waals surface area contributed by atoms with E-state index in [-0.39, 0.29) is 10.8 Å². The Morgan fingerprint density at radius 2 is 1.77 bits per heavy atom. The van der Waals surface area contributed by atoms with Crippen molar-refractivity contribution in [3.63, 3.8) is 0 Å². The molecule has 2 heteroatoms. The van der Waals surface area contributed by atoms with Gasteiger partial charge in [-0.2, -0.15) is 0 Å². The maximum Gasteiger partial charge on any atom is 0.328 e. The summed E-state index contributed by atoms with van der Waals surface area (Å²) in [6.07, 6.45) is 11.2. The van der Waals surface area contributed by atoms with Gasteiger partial charge in [0.25, 0.3) is 0 Å². The first-order valence-electron chi connectivity index (χ1n) is 9.86. The standard InChI is InChI=1S/C24H32O2/c1-16(13-22(25)26)7-6-8-17-9-10-18-14-20-21(15-19(17)18)24(4,5)12-11-23(20,2)3/h6-7,13-15,17H,8-12H2,1-5H3,(H,25,26)/b7-6+,16-13+. The van der Waals surface area contributed by atoms with Gasteiger partial charge in [0, 0.05) is 6.08 Å². The van der Waals surface area contributed by atoms with Crippen LogP contribution in [0.3, 0.4) is 0 Å². The first-order valence-corrected chi connectivity index (χ1v) is 9.86. The molecule has 140 valence electrons. The van der Waals surface area contributed by atoms with Gasteiger partial charge in [0.1, 0.15) is 0 Å². The van der Waals surface area contributed by atoms with Crippen molar-refractivity contribution in [3.05, 3.63) is 58.2 Å². The Kier molecular flexibility index (Phi) is 4.90. The number of aryl methyl sites for hydroxylation is 1. The molecule has 0 heterocycles. The van der Waals surface area contributed by atoms with Crippen LogP contribution in [0.1, 0.15) is 88.5 Å². The Morgan fingerprint density at radius 1 is 1.15 bits per heavy atom. The maximum atomic E-state index is 10.7. The topological polar surface area (TPSA) is 37.3 Å². The molecule has 2 aliphatic carbocycles. The Morgan fingerprint density at radius 3 is 2.38 bits per heavy atom. The third-order valence-corrected chi connectivity index (χ3v) is 6.47. The number of carboxylic acid groups (broad SMARTS) is 1. The van der Waals surface area contributed by atoms with Crippen LogP contribution in [0.15, 0.2) is 35.9 Å². The number of allylic oxidation sites excluding steroid dienone is 3. The fourth-order valence-corrected chi connectivity index (χ4v) is 4.66. The zero-order valence-electron chi connectivity index (χ0n) is 16.9. The van der Waals surface area contributed by atoms with Crippen LogP contribution in [0, 0.1) is 0 Å². The number of benzene rings is 1. The zero-order valence-corrected chi connectivity index (χ0v) is 16.9. The number of aliphatic carboxylic acids is 1. The van der Waals surface area contributed by atoms with Crippen LogP contribution >= 0.6 is 0 Å². The second-order valence-electron chi connectivity index (χ2n) is 9.46. The van der Waals surface area contributed by atoms with Gasteiger partial charge in [-0.25, -0.2) is 4.79 Å². The molecule has 0 aliphatic heterocycles. The van der Waals surface area contributed by atoms with E-state index in [9.17, 15) is 4.79 Å². The number of fused-ring (bicyclic) bond motifs is 2. The Bertz CT molecular complexity index is 778. The van der Waals surface area contributed by atoms with Crippen molar-refractivity contribution < 1.29 is 9.90 Å². The minimum Gasteiger partial charge on any atom is -0.478 e. The van der Waals surface area contributed by atoms with E-state index in [0.717, 1.165) is 12.0 Å². The molecular formula is C24H32O2. The molecule has 0 spiro atoms. The maximum absolute atomic E-state index is 10.7. The van der Waals surface area contributed by atoms with Gasteiger partial charge in [0.15, 0.2) is 0 Å². The van der Waals surface area contributed by atoms with E-state index < -0.39 is 5.97 Å². The van der Waals surface area contributed by atoms with Crippen LogP contribution in [0.4, 0.5) is 0 Å². The van der Waals surface area contributed by atoms with Crippen LogP contribution in [0.2, 0.25) is 0 Å². The SMILES string of the molecule is CC(/C=C/CC1CCc2cc3c(cc21)C(C)(C)CCC3(C)C)=C\C(=O)O. The van der Waals surface area contributed by atoms with Crippen LogP contribution in [0.25, 0.3) is 0 Å². The van der Waals surface area contributed by atoms with Crippen LogP contribution in [-0.2, 0) is 22.0 Å². The molecule has 1 unspecified atom stereocenters. The quantitative estimate of drug-likeness (QED) is 0.529. The van der Waals surface area contributed by atoms with Gasteiger partial charge in [0.2, 0.25) is 0 Å². The lowest BCUT2D eigenvalue weighted by atomic mass is 9.62. The van der Waals surface area contributed by atoms with E-state index in [0.29, 0.717) is 5.92 Å². The molecule has 2 aliphatic rings. The van der Waals surface area contributed by atoms with Crippen LogP contribution < -0.4 is 0 Å². The van der Waals surface area contributed by atoms with E-state index in [1.807, 2.05) is 13.0 Å². The third kappa shape index (κ3) is 3.65. The van der Waals surface area contributed by atoms with Gasteiger partial charge < -0.3 is 5.11 Å².